The van der Waals surface area contributed by atoms with Crippen molar-refractivity contribution in [2.24, 2.45) is 5.73 Å². The highest BCUT2D eigenvalue weighted by molar-refractivity contribution is 5.83. The van der Waals surface area contributed by atoms with Gasteiger partial charge in [-0.2, -0.15) is 0 Å². The van der Waals surface area contributed by atoms with E-state index in [0.29, 0.717) is 6.61 Å². The van der Waals surface area contributed by atoms with E-state index in [0.717, 1.165) is 0 Å². The predicted molar refractivity (Wildman–Crippen MR) is 50.8 cm³/mol. The van der Waals surface area contributed by atoms with Crippen molar-refractivity contribution in [3.8, 4) is 0 Å². The Labute approximate surface area is 78.4 Å². The standard InChI is InChI=1S/C8H17N3O2/c1-4-13-8(12)11(6(2)3)5-7(9)10/h6H,4-5H2,1-3H3,(H3,9,10). The number of rotatable bonds is 4. The highest BCUT2D eigenvalue weighted by Crippen LogP contribution is 2.00. The van der Waals surface area contributed by atoms with Crippen molar-refractivity contribution in [3.63, 3.8) is 0 Å². The van der Waals surface area contributed by atoms with Gasteiger partial charge in [-0.15, -0.1) is 0 Å². The second-order valence-electron chi connectivity index (χ2n) is 2.95. The number of amidine groups is 1. The van der Waals surface area contributed by atoms with Crippen molar-refractivity contribution in [2.75, 3.05) is 13.2 Å². The van der Waals surface area contributed by atoms with Crippen LogP contribution in [0.25, 0.3) is 0 Å². The average molecular weight is 187 g/mol. The van der Waals surface area contributed by atoms with Gasteiger partial charge in [0.25, 0.3) is 0 Å². The third-order valence-corrected chi connectivity index (χ3v) is 1.47. The maximum Gasteiger partial charge on any atom is 0.410 e. The monoisotopic (exact) mass is 187 g/mol. The van der Waals surface area contributed by atoms with Gasteiger partial charge in [-0.25, -0.2) is 4.79 Å². The Morgan fingerprint density at radius 1 is 1.62 bits per heavy atom. The lowest BCUT2D eigenvalue weighted by atomic mass is 10.3. The van der Waals surface area contributed by atoms with Crippen molar-refractivity contribution in [3.05, 3.63) is 0 Å². The number of nitrogens with two attached hydrogens (primary N) is 1. The summed E-state index contributed by atoms with van der Waals surface area (Å²) in [7, 11) is 0. The quantitative estimate of drug-likeness (QED) is 0.504. The van der Waals surface area contributed by atoms with Gasteiger partial charge in [0.15, 0.2) is 0 Å². The molecule has 0 unspecified atom stereocenters. The van der Waals surface area contributed by atoms with Gasteiger partial charge >= 0.3 is 6.09 Å². The van der Waals surface area contributed by atoms with E-state index in [9.17, 15) is 4.79 Å². The van der Waals surface area contributed by atoms with Crippen molar-refractivity contribution in [1.29, 1.82) is 5.41 Å². The molecule has 0 saturated carbocycles. The molecule has 0 aromatic rings. The summed E-state index contributed by atoms with van der Waals surface area (Å²) in [5.41, 5.74) is 5.20. The molecule has 3 N–H and O–H groups in total. The number of hydrogen-bond acceptors (Lipinski definition) is 3. The fourth-order valence-electron chi connectivity index (χ4n) is 0.848. The van der Waals surface area contributed by atoms with Gasteiger partial charge in [0, 0.05) is 6.04 Å². The summed E-state index contributed by atoms with van der Waals surface area (Å²) < 4.78 is 4.80. The first-order valence-corrected chi connectivity index (χ1v) is 4.25. The second kappa shape index (κ2) is 5.40. The maximum atomic E-state index is 11.3. The van der Waals surface area contributed by atoms with E-state index in [2.05, 4.69) is 0 Å². The van der Waals surface area contributed by atoms with Crippen LogP contribution < -0.4 is 5.73 Å². The number of nitrogens with one attached hydrogen (secondary N) is 1. The van der Waals surface area contributed by atoms with Gasteiger partial charge in [0.1, 0.15) is 5.84 Å². The fraction of sp³-hybridized carbons (Fsp3) is 0.750. The zero-order chi connectivity index (χ0) is 10.4. The van der Waals surface area contributed by atoms with Gasteiger partial charge < -0.3 is 10.5 Å². The lowest BCUT2D eigenvalue weighted by molar-refractivity contribution is 0.102. The summed E-state index contributed by atoms with van der Waals surface area (Å²) >= 11 is 0. The largest absolute Gasteiger partial charge is 0.450 e. The molecular formula is C8H17N3O2. The van der Waals surface area contributed by atoms with Crippen molar-refractivity contribution >= 4 is 11.9 Å². The van der Waals surface area contributed by atoms with E-state index < -0.39 is 6.09 Å². The molecule has 5 nitrogen and oxygen atoms in total. The lowest BCUT2D eigenvalue weighted by Crippen LogP contribution is -2.42. The van der Waals surface area contributed by atoms with Gasteiger partial charge in [-0.3, -0.25) is 10.3 Å². The molecule has 0 aliphatic rings. The molecule has 0 radical (unpaired) electrons. The number of nitrogens with zero attached hydrogens (tertiary/aromatic N) is 1. The highest BCUT2D eigenvalue weighted by Gasteiger charge is 2.18. The Balaban J connectivity index is 4.24. The third-order valence-electron chi connectivity index (χ3n) is 1.47. The van der Waals surface area contributed by atoms with Crippen LogP contribution in [0.4, 0.5) is 4.79 Å². The summed E-state index contributed by atoms with van der Waals surface area (Å²) in [6.45, 7) is 5.89. The summed E-state index contributed by atoms with van der Waals surface area (Å²) in [4.78, 5) is 12.7. The Kier molecular flexibility index (Phi) is 4.87. The molecule has 0 rings (SSSR count). The molecule has 0 aliphatic carbocycles. The minimum atomic E-state index is -0.423. The Morgan fingerprint density at radius 3 is 2.46 bits per heavy atom. The first-order chi connectivity index (χ1) is 5.99. The molecule has 0 fully saturated rings. The second-order valence-corrected chi connectivity index (χ2v) is 2.95. The van der Waals surface area contributed by atoms with Crippen LogP contribution in [0.3, 0.4) is 0 Å². The number of carbonyl (C=O) groups excluding carboxylic acids is 1. The van der Waals surface area contributed by atoms with E-state index >= 15 is 0 Å². The third kappa shape index (κ3) is 4.35. The summed E-state index contributed by atoms with van der Waals surface area (Å²) in [5, 5.41) is 7.07. The smallest absolute Gasteiger partial charge is 0.410 e. The Hall–Kier alpha value is -1.26. The molecule has 0 aromatic heterocycles. The van der Waals surface area contributed by atoms with Crippen molar-refractivity contribution in [1.82, 2.24) is 4.90 Å². The van der Waals surface area contributed by atoms with E-state index in [1.807, 2.05) is 13.8 Å². The highest BCUT2D eigenvalue weighted by atomic mass is 16.6. The Morgan fingerprint density at radius 2 is 2.15 bits per heavy atom. The number of ether oxygens (including phenoxy) is 1. The van der Waals surface area contributed by atoms with Gasteiger partial charge in [-0.05, 0) is 20.8 Å². The summed E-state index contributed by atoms with van der Waals surface area (Å²) in [6.07, 6.45) is -0.423. The molecule has 76 valence electrons. The molecule has 0 bridgehead atoms. The van der Waals surface area contributed by atoms with E-state index in [1.165, 1.54) is 4.90 Å². The molecule has 5 heteroatoms. The van der Waals surface area contributed by atoms with E-state index in [-0.39, 0.29) is 18.4 Å². The number of amides is 1. The van der Waals surface area contributed by atoms with Crippen LogP contribution >= 0.6 is 0 Å². The van der Waals surface area contributed by atoms with Crippen LogP contribution in [0.1, 0.15) is 20.8 Å². The van der Waals surface area contributed by atoms with Gasteiger partial charge in [-0.1, -0.05) is 0 Å². The minimum Gasteiger partial charge on any atom is -0.450 e. The number of hydrogen-bond donors (Lipinski definition) is 2. The SMILES string of the molecule is CCOC(=O)N(CC(=N)N)C(C)C. The normalized spacial score (nSPS) is 9.85. The van der Waals surface area contributed by atoms with E-state index in [1.54, 1.807) is 6.92 Å². The van der Waals surface area contributed by atoms with Crippen LogP contribution in [0.15, 0.2) is 0 Å². The molecule has 0 aliphatic heterocycles. The van der Waals surface area contributed by atoms with E-state index in [4.69, 9.17) is 15.9 Å². The molecule has 0 spiro atoms. The molecule has 0 heterocycles. The average Bonchev–Trinajstić information content (AvgIpc) is 1.99. The zero-order valence-corrected chi connectivity index (χ0v) is 8.33. The summed E-state index contributed by atoms with van der Waals surface area (Å²) in [5.74, 6) is -0.0400. The lowest BCUT2D eigenvalue weighted by Gasteiger charge is -2.24. The van der Waals surface area contributed by atoms with Crippen molar-refractivity contribution in [2.45, 2.75) is 26.8 Å². The Bertz CT molecular complexity index is 192. The van der Waals surface area contributed by atoms with Crippen LogP contribution in [0.2, 0.25) is 0 Å². The molecule has 13 heavy (non-hydrogen) atoms. The number of carbonyl (C=O) groups is 1. The fourth-order valence-corrected chi connectivity index (χ4v) is 0.848. The van der Waals surface area contributed by atoms with Crippen LogP contribution in [0.5, 0.6) is 0 Å². The molecule has 1 amide bonds. The van der Waals surface area contributed by atoms with Crippen molar-refractivity contribution < 1.29 is 9.53 Å². The van der Waals surface area contributed by atoms with Crippen LogP contribution in [0, 0.1) is 5.41 Å². The molecular weight excluding hydrogens is 170 g/mol. The maximum absolute atomic E-state index is 11.3. The first kappa shape index (κ1) is 11.7. The minimum absolute atomic E-state index is 0.0112. The van der Waals surface area contributed by atoms with Crippen LogP contribution in [-0.4, -0.2) is 36.0 Å². The van der Waals surface area contributed by atoms with Gasteiger partial charge in [0.2, 0.25) is 0 Å². The first-order valence-electron chi connectivity index (χ1n) is 4.25. The molecule has 0 atom stereocenters. The van der Waals surface area contributed by atoms with Gasteiger partial charge in [0.05, 0.1) is 13.2 Å². The molecule has 0 saturated heterocycles. The topological polar surface area (TPSA) is 79.4 Å². The predicted octanol–water partition coefficient (Wildman–Crippen LogP) is 0.789. The zero-order valence-electron chi connectivity index (χ0n) is 8.33. The molecule has 0 aromatic carbocycles. The summed E-state index contributed by atoms with van der Waals surface area (Å²) in [6, 6.07) is -0.0112. The van der Waals surface area contributed by atoms with Crippen LogP contribution in [-0.2, 0) is 4.74 Å².